The van der Waals surface area contributed by atoms with Crippen LogP contribution < -0.4 is 0 Å². The minimum Gasteiger partial charge on any atom is -0.389 e. The molecular formula is C14H19FOS. The van der Waals surface area contributed by atoms with Crippen LogP contribution in [0.15, 0.2) is 17.0 Å². The normalized spacial score (nSPS) is 18.6. The summed E-state index contributed by atoms with van der Waals surface area (Å²) < 4.78 is 13.5. The number of benzene rings is 1. The van der Waals surface area contributed by atoms with Crippen molar-refractivity contribution in [3.05, 3.63) is 29.1 Å². The van der Waals surface area contributed by atoms with Gasteiger partial charge in [0, 0.05) is 10.1 Å². The number of rotatable bonds is 3. The highest BCUT2D eigenvalue weighted by Crippen LogP contribution is 2.38. The van der Waals surface area contributed by atoms with Crippen LogP contribution in [0.25, 0.3) is 0 Å². The second-order valence-corrected chi connectivity index (χ2v) is 6.18. The van der Waals surface area contributed by atoms with Crippen molar-refractivity contribution in [1.82, 2.24) is 0 Å². The summed E-state index contributed by atoms with van der Waals surface area (Å²) in [7, 11) is 0. The van der Waals surface area contributed by atoms with E-state index in [0.29, 0.717) is 10.8 Å². The molecule has 2 rings (SSSR count). The molecule has 0 unspecified atom stereocenters. The van der Waals surface area contributed by atoms with Gasteiger partial charge in [0.05, 0.1) is 6.10 Å². The van der Waals surface area contributed by atoms with Gasteiger partial charge in [-0.25, -0.2) is 4.39 Å². The van der Waals surface area contributed by atoms with Crippen LogP contribution in [0.4, 0.5) is 4.39 Å². The quantitative estimate of drug-likeness (QED) is 0.871. The zero-order chi connectivity index (χ0) is 12.4. The number of aryl methyl sites for hydroxylation is 1. The van der Waals surface area contributed by atoms with Gasteiger partial charge >= 0.3 is 0 Å². The number of halogens is 1. The zero-order valence-corrected chi connectivity index (χ0v) is 11.2. The van der Waals surface area contributed by atoms with Crippen LogP contribution in [0, 0.1) is 12.7 Å². The first-order valence-corrected chi connectivity index (χ1v) is 7.10. The van der Waals surface area contributed by atoms with Gasteiger partial charge in [0.15, 0.2) is 0 Å². The molecule has 1 saturated carbocycles. The monoisotopic (exact) mass is 254 g/mol. The summed E-state index contributed by atoms with van der Waals surface area (Å²) in [5.74, 6) is -0.225. The molecule has 3 heteroatoms. The van der Waals surface area contributed by atoms with E-state index >= 15 is 0 Å². The second kappa shape index (κ2) is 5.40. The molecule has 0 radical (unpaired) electrons. The molecule has 17 heavy (non-hydrogen) atoms. The van der Waals surface area contributed by atoms with E-state index in [0.717, 1.165) is 10.5 Å². The van der Waals surface area contributed by atoms with Gasteiger partial charge in [-0.15, -0.1) is 11.8 Å². The summed E-state index contributed by atoms with van der Waals surface area (Å²) in [5.41, 5.74) is 1.39. The molecule has 94 valence electrons. The van der Waals surface area contributed by atoms with Crippen molar-refractivity contribution in [2.75, 3.05) is 0 Å². The second-order valence-electron chi connectivity index (χ2n) is 4.84. The largest absolute Gasteiger partial charge is 0.389 e. The maximum atomic E-state index is 13.5. The SMILES string of the molecule is Cc1cc(SC2CCCC2)c([C@H](C)O)cc1F. The molecule has 0 spiro atoms. The Hall–Kier alpha value is -0.540. The van der Waals surface area contributed by atoms with Crippen LogP contribution >= 0.6 is 11.8 Å². The van der Waals surface area contributed by atoms with Crippen molar-refractivity contribution < 1.29 is 9.50 Å². The minimum absolute atomic E-state index is 0.225. The van der Waals surface area contributed by atoms with Crippen molar-refractivity contribution in [3.8, 4) is 0 Å². The van der Waals surface area contributed by atoms with Gasteiger partial charge in [0.25, 0.3) is 0 Å². The van der Waals surface area contributed by atoms with Crippen LogP contribution in [0.2, 0.25) is 0 Å². The Labute approximate surface area is 106 Å². The van der Waals surface area contributed by atoms with Crippen LogP contribution in [-0.4, -0.2) is 10.4 Å². The van der Waals surface area contributed by atoms with Crippen LogP contribution in [0.5, 0.6) is 0 Å². The van der Waals surface area contributed by atoms with Crippen molar-refractivity contribution >= 4 is 11.8 Å². The third-order valence-corrected chi connectivity index (χ3v) is 4.75. The lowest BCUT2D eigenvalue weighted by atomic mass is 10.1. The molecule has 1 atom stereocenters. The number of hydrogen-bond acceptors (Lipinski definition) is 2. The zero-order valence-electron chi connectivity index (χ0n) is 10.4. The summed E-state index contributed by atoms with van der Waals surface area (Å²) in [6.45, 7) is 3.47. The van der Waals surface area contributed by atoms with E-state index in [-0.39, 0.29) is 5.82 Å². The summed E-state index contributed by atoms with van der Waals surface area (Å²) >= 11 is 1.80. The lowest BCUT2D eigenvalue weighted by Crippen LogP contribution is -2.01. The van der Waals surface area contributed by atoms with Crippen molar-refractivity contribution in [2.24, 2.45) is 0 Å². The van der Waals surface area contributed by atoms with E-state index < -0.39 is 6.10 Å². The van der Waals surface area contributed by atoms with E-state index in [1.54, 1.807) is 25.6 Å². The van der Waals surface area contributed by atoms with Crippen LogP contribution in [-0.2, 0) is 0 Å². The molecule has 1 aliphatic carbocycles. The fourth-order valence-electron chi connectivity index (χ4n) is 2.28. The fourth-order valence-corrected chi connectivity index (χ4v) is 3.82. The summed E-state index contributed by atoms with van der Waals surface area (Å²) in [6, 6.07) is 3.36. The molecular weight excluding hydrogens is 235 g/mol. The maximum Gasteiger partial charge on any atom is 0.126 e. The van der Waals surface area contributed by atoms with Crippen LogP contribution in [0.3, 0.4) is 0 Å². The van der Waals surface area contributed by atoms with Gasteiger partial charge < -0.3 is 5.11 Å². The smallest absolute Gasteiger partial charge is 0.126 e. The number of aliphatic hydroxyl groups is 1. The third-order valence-electron chi connectivity index (χ3n) is 3.34. The maximum absolute atomic E-state index is 13.5. The highest BCUT2D eigenvalue weighted by molar-refractivity contribution is 8.00. The number of aliphatic hydroxyl groups excluding tert-OH is 1. The topological polar surface area (TPSA) is 20.2 Å². The highest BCUT2D eigenvalue weighted by Gasteiger charge is 2.19. The Morgan fingerprint density at radius 1 is 1.35 bits per heavy atom. The van der Waals surface area contributed by atoms with E-state index in [1.807, 2.05) is 6.07 Å². The van der Waals surface area contributed by atoms with Gasteiger partial charge in [-0.05, 0) is 49.9 Å². The molecule has 1 aliphatic rings. The summed E-state index contributed by atoms with van der Waals surface area (Å²) in [6.07, 6.45) is 4.46. The molecule has 0 saturated heterocycles. The molecule has 1 aromatic carbocycles. The van der Waals surface area contributed by atoms with Gasteiger partial charge in [-0.1, -0.05) is 12.8 Å². The van der Waals surface area contributed by atoms with Gasteiger partial charge in [0.2, 0.25) is 0 Å². The molecule has 1 N–H and O–H groups in total. The molecule has 0 heterocycles. The Kier molecular flexibility index (Phi) is 4.10. The highest BCUT2D eigenvalue weighted by atomic mass is 32.2. The number of hydrogen-bond donors (Lipinski definition) is 1. The Bertz CT molecular complexity index is 397. The first-order valence-electron chi connectivity index (χ1n) is 6.22. The molecule has 0 bridgehead atoms. The Morgan fingerprint density at radius 3 is 2.59 bits per heavy atom. The standard InChI is InChI=1S/C14H19FOS/c1-9-7-14(17-11-5-3-4-6-11)12(10(2)16)8-13(9)15/h7-8,10-11,16H,3-6H2,1-2H3/t10-/m0/s1. The van der Waals surface area contributed by atoms with Crippen LogP contribution in [0.1, 0.15) is 49.8 Å². The van der Waals surface area contributed by atoms with E-state index in [4.69, 9.17) is 0 Å². The van der Waals surface area contributed by atoms with Gasteiger partial charge in [0.1, 0.15) is 5.82 Å². The minimum atomic E-state index is -0.603. The average molecular weight is 254 g/mol. The van der Waals surface area contributed by atoms with E-state index in [9.17, 15) is 9.50 Å². The average Bonchev–Trinajstić information content (AvgIpc) is 2.75. The molecule has 1 aromatic rings. The molecule has 1 nitrogen and oxygen atoms in total. The van der Waals surface area contributed by atoms with Crippen molar-refractivity contribution in [1.29, 1.82) is 0 Å². The van der Waals surface area contributed by atoms with Gasteiger partial charge in [-0.3, -0.25) is 0 Å². The summed E-state index contributed by atoms with van der Waals surface area (Å²) in [5, 5.41) is 10.4. The first kappa shape index (κ1) is 12.9. The Morgan fingerprint density at radius 2 is 2.00 bits per heavy atom. The van der Waals surface area contributed by atoms with E-state index in [1.165, 1.54) is 31.7 Å². The predicted octanol–water partition coefficient (Wildman–Crippen LogP) is 4.22. The van der Waals surface area contributed by atoms with Gasteiger partial charge in [-0.2, -0.15) is 0 Å². The first-order chi connectivity index (χ1) is 8.08. The Balaban J connectivity index is 2.26. The predicted molar refractivity (Wildman–Crippen MR) is 69.9 cm³/mol. The van der Waals surface area contributed by atoms with Crippen molar-refractivity contribution in [2.45, 2.75) is 55.8 Å². The molecule has 0 aromatic heterocycles. The lowest BCUT2D eigenvalue weighted by Gasteiger charge is -2.16. The lowest BCUT2D eigenvalue weighted by molar-refractivity contribution is 0.196. The molecule has 0 aliphatic heterocycles. The van der Waals surface area contributed by atoms with E-state index in [2.05, 4.69) is 0 Å². The number of thioether (sulfide) groups is 1. The summed E-state index contributed by atoms with van der Waals surface area (Å²) in [4.78, 5) is 1.05. The molecule has 0 amide bonds. The third kappa shape index (κ3) is 3.02. The fraction of sp³-hybridized carbons (Fsp3) is 0.571. The molecule has 1 fully saturated rings. The van der Waals surface area contributed by atoms with Crippen molar-refractivity contribution in [3.63, 3.8) is 0 Å².